The van der Waals surface area contributed by atoms with Crippen molar-refractivity contribution in [1.29, 1.82) is 0 Å². The molecular formula is C15H18N2O3. The topological polar surface area (TPSA) is 66.6 Å². The van der Waals surface area contributed by atoms with E-state index in [-0.39, 0.29) is 6.54 Å². The first kappa shape index (κ1) is 14.3. The molecule has 1 heterocycles. The Hall–Kier alpha value is -2.14. The summed E-state index contributed by atoms with van der Waals surface area (Å²) in [4.78, 5) is 16.9. The Bertz CT molecular complexity index is 575. The molecule has 0 radical (unpaired) electrons. The second-order valence-electron chi connectivity index (χ2n) is 4.71. The zero-order valence-corrected chi connectivity index (χ0v) is 11.7. The van der Waals surface area contributed by atoms with Crippen LogP contribution in [-0.4, -0.2) is 34.0 Å². The van der Waals surface area contributed by atoms with Crippen molar-refractivity contribution in [2.24, 2.45) is 0 Å². The number of nitrogens with zero attached hydrogens (tertiary/aromatic N) is 2. The molecule has 0 saturated carbocycles. The molecule has 0 fully saturated rings. The van der Waals surface area contributed by atoms with Gasteiger partial charge in [0.2, 0.25) is 5.89 Å². The number of carboxylic acids is 1. The number of oxazole rings is 1. The Morgan fingerprint density at radius 2 is 2.05 bits per heavy atom. The Labute approximate surface area is 117 Å². The predicted molar refractivity (Wildman–Crippen MR) is 75.3 cm³/mol. The smallest absolute Gasteiger partial charge is 0.317 e. The number of hydrogen-bond donors (Lipinski definition) is 1. The molecule has 0 bridgehead atoms. The van der Waals surface area contributed by atoms with Gasteiger partial charge in [-0.3, -0.25) is 9.69 Å². The number of aryl methyl sites for hydroxylation is 1. The minimum atomic E-state index is -0.839. The highest BCUT2D eigenvalue weighted by atomic mass is 16.4. The second kappa shape index (κ2) is 6.34. The second-order valence-corrected chi connectivity index (χ2v) is 4.71. The van der Waals surface area contributed by atoms with E-state index in [2.05, 4.69) is 4.98 Å². The molecule has 1 aromatic heterocycles. The van der Waals surface area contributed by atoms with Crippen LogP contribution in [0.2, 0.25) is 0 Å². The van der Waals surface area contributed by atoms with Crippen molar-refractivity contribution < 1.29 is 14.3 Å². The Kier molecular flexibility index (Phi) is 4.53. The zero-order valence-electron chi connectivity index (χ0n) is 11.7. The highest BCUT2D eigenvalue weighted by molar-refractivity contribution is 5.69. The van der Waals surface area contributed by atoms with Crippen LogP contribution in [-0.2, 0) is 11.3 Å². The summed E-state index contributed by atoms with van der Waals surface area (Å²) in [6, 6.07) is 7.92. The van der Waals surface area contributed by atoms with E-state index in [1.54, 1.807) is 11.2 Å². The molecule has 1 N–H and O–H groups in total. The molecule has 0 aliphatic heterocycles. The van der Waals surface area contributed by atoms with Crippen LogP contribution in [0, 0.1) is 6.92 Å². The largest absolute Gasteiger partial charge is 0.480 e. The van der Waals surface area contributed by atoms with Gasteiger partial charge in [0.25, 0.3) is 0 Å². The lowest BCUT2D eigenvalue weighted by atomic mass is 10.1. The molecule has 0 amide bonds. The van der Waals surface area contributed by atoms with E-state index in [1.807, 2.05) is 38.1 Å². The minimum Gasteiger partial charge on any atom is -0.480 e. The molecule has 0 unspecified atom stereocenters. The molecule has 0 aliphatic carbocycles. The van der Waals surface area contributed by atoms with Crippen molar-refractivity contribution in [3.63, 3.8) is 0 Å². The summed E-state index contributed by atoms with van der Waals surface area (Å²) < 4.78 is 5.46. The number of carbonyl (C=O) groups is 1. The third kappa shape index (κ3) is 3.68. The fraction of sp³-hybridized carbons (Fsp3) is 0.333. The van der Waals surface area contributed by atoms with E-state index in [4.69, 9.17) is 9.52 Å². The molecule has 0 aliphatic rings. The van der Waals surface area contributed by atoms with Gasteiger partial charge in [-0.15, -0.1) is 0 Å². The van der Waals surface area contributed by atoms with Crippen LogP contribution in [0.4, 0.5) is 0 Å². The van der Waals surface area contributed by atoms with Gasteiger partial charge in [-0.25, -0.2) is 4.98 Å². The number of hydrogen-bond acceptors (Lipinski definition) is 4. The summed E-state index contributed by atoms with van der Waals surface area (Å²) >= 11 is 0. The average molecular weight is 274 g/mol. The number of benzene rings is 1. The molecule has 1 aromatic carbocycles. The van der Waals surface area contributed by atoms with Crippen molar-refractivity contribution in [2.45, 2.75) is 20.4 Å². The molecule has 0 spiro atoms. The van der Waals surface area contributed by atoms with E-state index in [9.17, 15) is 4.79 Å². The summed E-state index contributed by atoms with van der Waals surface area (Å²) in [5.41, 5.74) is 2.84. The first-order chi connectivity index (χ1) is 9.58. The highest BCUT2D eigenvalue weighted by Gasteiger charge is 2.12. The van der Waals surface area contributed by atoms with Crippen LogP contribution in [0.25, 0.3) is 11.5 Å². The lowest BCUT2D eigenvalue weighted by Gasteiger charge is -2.15. The lowest BCUT2D eigenvalue weighted by Crippen LogP contribution is -2.29. The fourth-order valence-corrected chi connectivity index (χ4v) is 1.91. The number of aromatic nitrogens is 1. The molecule has 20 heavy (non-hydrogen) atoms. The molecule has 0 atom stereocenters. The van der Waals surface area contributed by atoms with Gasteiger partial charge >= 0.3 is 5.97 Å². The Balaban J connectivity index is 2.08. The zero-order chi connectivity index (χ0) is 14.5. The summed E-state index contributed by atoms with van der Waals surface area (Å²) in [6.07, 6.45) is 1.58. The van der Waals surface area contributed by atoms with Gasteiger partial charge in [-0.05, 0) is 25.6 Å². The third-order valence-electron chi connectivity index (χ3n) is 3.04. The standard InChI is InChI=1S/C15H18N2O3/c1-3-17(9-14(18)19)8-13-10-20-15(16-13)12-6-4-11(2)5-7-12/h4-7,10H,3,8-9H2,1-2H3,(H,18,19). The Morgan fingerprint density at radius 1 is 1.35 bits per heavy atom. The van der Waals surface area contributed by atoms with E-state index >= 15 is 0 Å². The van der Waals surface area contributed by atoms with E-state index in [0.717, 1.165) is 11.3 Å². The van der Waals surface area contributed by atoms with Gasteiger partial charge in [0, 0.05) is 12.1 Å². The Morgan fingerprint density at radius 3 is 2.65 bits per heavy atom. The number of rotatable bonds is 6. The molecule has 2 rings (SSSR count). The van der Waals surface area contributed by atoms with Crippen LogP contribution in [0.5, 0.6) is 0 Å². The van der Waals surface area contributed by atoms with Gasteiger partial charge in [0.1, 0.15) is 6.26 Å². The maximum absolute atomic E-state index is 10.7. The van der Waals surface area contributed by atoms with Gasteiger partial charge in [0.05, 0.1) is 12.2 Å². The monoisotopic (exact) mass is 274 g/mol. The molecule has 5 heteroatoms. The molecule has 2 aromatic rings. The van der Waals surface area contributed by atoms with Crippen molar-refractivity contribution in [3.8, 4) is 11.5 Å². The first-order valence-electron chi connectivity index (χ1n) is 6.54. The van der Waals surface area contributed by atoms with Crippen LogP contribution in [0.1, 0.15) is 18.2 Å². The number of likely N-dealkylation sites (N-methyl/N-ethyl adjacent to an activating group) is 1. The SMILES string of the molecule is CCN(CC(=O)O)Cc1coc(-c2ccc(C)cc2)n1. The summed E-state index contributed by atoms with van der Waals surface area (Å²) in [7, 11) is 0. The van der Waals surface area contributed by atoms with Gasteiger partial charge in [0.15, 0.2) is 0 Å². The van der Waals surface area contributed by atoms with E-state index in [0.29, 0.717) is 19.0 Å². The predicted octanol–water partition coefficient (Wildman–Crippen LogP) is 2.56. The number of aliphatic carboxylic acids is 1. The third-order valence-corrected chi connectivity index (χ3v) is 3.04. The normalized spacial score (nSPS) is 10.9. The molecule has 5 nitrogen and oxygen atoms in total. The first-order valence-corrected chi connectivity index (χ1v) is 6.54. The van der Waals surface area contributed by atoms with Crippen LogP contribution >= 0.6 is 0 Å². The van der Waals surface area contributed by atoms with Crippen LogP contribution < -0.4 is 0 Å². The van der Waals surface area contributed by atoms with E-state index < -0.39 is 5.97 Å². The number of carboxylic acid groups (broad SMARTS) is 1. The minimum absolute atomic E-state index is 0.00320. The summed E-state index contributed by atoms with van der Waals surface area (Å²) in [6.45, 7) is 5.07. The van der Waals surface area contributed by atoms with E-state index in [1.165, 1.54) is 5.56 Å². The quantitative estimate of drug-likeness (QED) is 0.876. The van der Waals surface area contributed by atoms with Gasteiger partial charge in [-0.2, -0.15) is 0 Å². The lowest BCUT2D eigenvalue weighted by molar-refractivity contribution is -0.138. The molecular weight excluding hydrogens is 256 g/mol. The molecule has 106 valence electrons. The fourth-order valence-electron chi connectivity index (χ4n) is 1.91. The van der Waals surface area contributed by atoms with Crippen LogP contribution in [0.3, 0.4) is 0 Å². The summed E-state index contributed by atoms with van der Waals surface area (Å²) in [5.74, 6) is -0.277. The van der Waals surface area contributed by atoms with Crippen molar-refractivity contribution in [3.05, 3.63) is 41.8 Å². The van der Waals surface area contributed by atoms with Gasteiger partial charge < -0.3 is 9.52 Å². The maximum Gasteiger partial charge on any atom is 0.317 e. The maximum atomic E-state index is 10.7. The summed E-state index contributed by atoms with van der Waals surface area (Å²) in [5, 5.41) is 8.82. The highest BCUT2D eigenvalue weighted by Crippen LogP contribution is 2.19. The average Bonchev–Trinajstić information content (AvgIpc) is 2.87. The molecule has 0 saturated heterocycles. The van der Waals surface area contributed by atoms with Crippen LogP contribution in [0.15, 0.2) is 34.9 Å². The van der Waals surface area contributed by atoms with Crippen molar-refractivity contribution in [1.82, 2.24) is 9.88 Å². The van der Waals surface area contributed by atoms with Crippen molar-refractivity contribution >= 4 is 5.97 Å². The van der Waals surface area contributed by atoms with Gasteiger partial charge in [-0.1, -0.05) is 24.6 Å². The van der Waals surface area contributed by atoms with Crippen molar-refractivity contribution in [2.75, 3.05) is 13.1 Å².